The van der Waals surface area contributed by atoms with Crippen LogP contribution in [0, 0.1) is 11.3 Å². The molecule has 0 aromatic heterocycles. The SMILES string of the molecule is CC(C)(CC(=O)N1CCCC(CO)C1)C(=O)O. The summed E-state index contributed by atoms with van der Waals surface area (Å²) in [6.07, 6.45) is 1.83. The summed E-state index contributed by atoms with van der Waals surface area (Å²) in [6, 6.07) is 0. The van der Waals surface area contributed by atoms with Gasteiger partial charge in [0.1, 0.15) is 0 Å². The quantitative estimate of drug-likeness (QED) is 0.762. The van der Waals surface area contributed by atoms with Crippen LogP contribution in [0.2, 0.25) is 0 Å². The minimum atomic E-state index is -1.02. The minimum absolute atomic E-state index is 0.0144. The number of carboxylic acids is 1. The molecule has 0 aromatic carbocycles. The second-order valence-corrected chi connectivity index (χ2v) is 5.40. The monoisotopic (exact) mass is 243 g/mol. The fraction of sp³-hybridized carbons (Fsp3) is 0.833. The highest BCUT2D eigenvalue weighted by Gasteiger charge is 2.33. The van der Waals surface area contributed by atoms with E-state index in [4.69, 9.17) is 10.2 Å². The third-order valence-electron chi connectivity index (χ3n) is 3.30. The van der Waals surface area contributed by atoms with Crippen molar-refractivity contribution in [3.63, 3.8) is 0 Å². The number of rotatable bonds is 4. The molecule has 5 heteroatoms. The molecule has 2 N–H and O–H groups in total. The molecule has 1 fully saturated rings. The highest BCUT2D eigenvalue weighted by atomic mass is 16.4. The molecule has 0 bridgehead atoms. The van der Waals surface area contributed by atoms with Crippen molar-refractivity contribution in [2.45, 2.75) is 33.1 Å². The third-order valence-corrected chi connectivity index (χ3v) is 3.30. The van der Waals surface area contributed by atoms with Crippen LogP contribution >= 0.6 is 0 Å². The van der Waals surface area contributed by atoms with Gasteiger partial charge in [-0.3, -0.25) is 9.59 Å². The lowest BCUT2D eigenvalue weighted by molar-refractivity contribution is -0.152. The molecule has 98 valence electrons. The first-order chi connectivity index (χ1) is 7.86. The van der Waals surface area contributed by atoms with Crippen LogP contribution in [-0.2, 0) is 9.59 Å². The van der Waals surface area contributed by atoms with Crippen molar-refractivity contribution >= 4 is 11.9 Å². The largest absolute Gasteiger partial charge is 0.481 e. The fourth-order valence-electron chi connectivity index (χ4n) is 2.01. The lowest BCUT2D eigenvalue weighted by atomic mass is 9.88. The maximum atomic E-state index is 12.0. The highest BCUT2D eigenvalue weighted by Crippen LogP contribution is 2.24. The standard InChI is InChI=1S/C12H21NO4/c1-12(2,11(16)17)6-10(15)13-5-3-4-9(7-13)8-14/h9,14H,3-8H2,1-2H3,(H,16,17). The average molecular weight is 243 g/mol. The number of aliphatic hydroxyl groups is 1. The summed E-state index contributed by atoms with van der Waals surface area (Å²) in [7, 11) is 0. The number of carbonyl (C=O) groups is 2. The van der Waals surface area contributed by atoms with Gasteiger partial charge < -0.3 is 15.1 Å². The summed E-state index contributed by atoms with van der Waals surface area (Å²) in [4.78, 5) is 24.6. The van der Waals surface area contributed by atoms with Gasteiger partial charge in [0.05, 0.1) is 5.41 Å². The Balaban J connectivity index is 2.55. The zero-order valence-corrected chi connectivity index (χ0v) is 10.5. The molecule has 0 spiro atoms. The van der Waals surface area contributed by atoms with Crippen molar-refractivity contribution in [2.24, 2.45) is 11.3 Å². The summed E-state index contributed by atoms with van der Waals surface area (Å²) in [5.74, 6) is -0.947. The summed E-state index contributed by atoms with van der Waals surface area (Å²) in [5.41, 5.74) is -1.02. The van der Waals surface area contributed by atoms with Gasteiger partial charge in [0.15, 0.2) is 0 Å². The van der Waals surface area contributed by atoms with Gasteiger partial charge in [0, 0.05) is 26.1 Å². The van der Waals surface area contributed by atoms with Gasteiger partial charge in [-0.05, 0) is 32.6 Å². The van der Waals surface area contributed by atoms with Crippen LogP contribution < -0.4 is 0 Å². The minimum Gasteiger partial charge on any atom is -0.481 e. The Bertz CT molecular complexity index is 301. The number of hydrogen-bond donors (Lipinski definition) is 2. The van der Waals surface area contributed by atoms with Gasteiger partial charge in [-0.1, -0.05) is 0 Å². The Morgan fingerprint density at radius 1 is 1.41 bits per heavy atom. The van der Waals surface area contributed by atoms with Crippen LogP contribution in [0.5, 0.6) is 0 Å². The van der Waals surface area contributed by atoms with Crippen molar-refractivity contribution in [3.05, 3.63) is 0 Å². The zero-order valence-electron chi connectivity index (χ0n) is 10.5. The van der Waals surface area contributed by atoms with Crippen LogP contribution in [0.1, 0.15) is 33.1 Å². The molecular weight excluding hydrogens is 222 g/mol. The van der Waals surface area contributed by atoms with Crippen molar-refractivity contribution in [3.8, 4) is 0 Å². The Morgan fingerprint density at radius 3 is 2.59 bits per heavy atom. The molecule has 0 aliphatic carbocycles. The smallest absolute Gasteiger partial charge is 0.309 e. The van der Waals surface area contributed by atoms with Crippen molar-refractivity contribution in [1.82, 2.24) is 4.90 Å². The van der Waals surface area contributed by atoms with Crippen molar-refractivity contribution in [2.75, 3.05) is 19.7 Å². The predicted molar refractivity (Wildman–Crippen MR) is 62.4 cm³/mol. The summed E-state index contributed by atoms with van der Waals surface area (Å²) in [5, 5.41) is 18.1. The van der Waals surface area contributed by atoms with E-state index in [1.807, 2.05) is 0 Å². The number of hydrogen-bond acceptors (Lipinski definition) is 3. The molecule has 1 aliphatic heterocycles. The van der Waals surface area contributed by atoms with E-state index in [1.165, 1.54) is 0 Å². The van der Waals surface area contributed by atoms with Crippen LogP contribution in [-0.4, -0.2) is 46.7 Å². The predicted octanol–water partition coefficient (Wildman–Crippen LogP) is 0.718. The molecule has 0 aromatic rings. The molecule has 1 rings (SSSR count). The number of nitrogens with zero attached hydrogens (tertiary/aromatic N) is 1. The van der Waals surface area contributed by atoms with E-state index in [2.05, 4.69) is 0 Å². The number of aliphatic carboxylic acids is 1. The number of carbonyl (C=O) groups excluding carboxylic acids is 1. The lowest BCUT2D eigenvalue weighted by Crippen LogP contribution is -2.43. The lowest BCUT2D eigenvalue weighted by Gasteiger charge is -2.33. The van der Waals surface area contributed by atoms with Crippen LogP contribution in [0.25, 0.3) is 0 Å². The van der Waals surface area contributed by atoms with E-state index in [0.29, 0.717) is 13.1 Å². The van der Waals surface area contributed by atoms with E-state index in [-0.39, 0.29) is 24.9 Å². The van der Waals surface area contributed by atoms with Gasteiger partial charge in [0.25, 0.3) is 0 Å². The van der Waals surface area contributed by atoms with E-state index in [1.54, 1.807) is 18.7 Å². The van der Waals surface area contributed by atoms with Crippen LogP contribution in [0.4, 0.5) is 0 Å². The first-order valence-corrected chi connectivity index (χ1v) is 5.99. The normalized spacial score (nSPS) is 21.4. The first-order valence-electron chi connectivity index (χ1n) is 5.99. The number of carboxylic acid groups (broad SMARTS) is 1. The molecule has 1 saturated heterocycles. The maximum Gasteiger partial charge on any atom is 0.309 e. The van der Waals surface area contributed by atoms with Gasteiger partial charge in [-0.15, -0.1) is 0 Å². The average Bonchev–Trinajstić information content (AvgIpc) is 2.28. The maximum absolute atomic E-state index is 12.0. The zero-order chi connectivity index (χ0) is 13.1. The Kier molecular flexibility index (Phi) is 4.51. The molecule has 1 heterocycles. The Hall–Kier alpha value is -1.10. The number of likely N-dealkylation sites (tertiary alicyclic amines) is 1. The number of aliphatic hydroxyl groups excluding tert-OH is 1. The molecule has 1 atom stereocenters. The van der Waals surface area contributed by atoms with Gasteiger partial charge in [-0.25, -0.2) is 0 Å². The molecule has 0 radical (unpaired) electrons. The molecule has 5 nitrogen and oxygen atoms in total. The fourth-order valence-corrected chi connectivity index (χ4v) is 2.01. The number of amides is 1. The molecule has 1 amide bonds. The number of piperidine rings is 1. The summed E-state index contributed by atoms with van der Waals surface area (Å²) >= 11 is 0. The van der Waals surface area contributed by atoms with E-state index in [9.17, 15) is 9.59 Å². The summed E-state index contributed by atoms with van der Waals surface area (Å²) < 4.78 is 0. The second kappa shape index (κ2) is 5.49. The van der Waals surface area contributed by atoms with Gasteiger partial charge >= 0.3 is 5.97 Å². The Morgan fingerprint density at radius 2 is 2.06 bits per heavy atom. The van der Waals surface area contributed by atoms with E-state index >= 15 is 0 Å². The molecule has 0 saturated carbocycles. The topological polar surface area (TPSA) is 77.8 Å². The third kappa shape index (κ3) is 3.70. The summed E-state index contributed by atoms with van der Waals surface area (Å²) in [6.45, 7) is 4.42. The van der Waals surface area contributed by atoms with Crippen molar-refractivity contribution in [1.29, 1.82) is 0 Å². The van der Waals surface area contributed by atoms with Gasteiger partial charge in [-0.2, -0.15) is 0 Å². The Labute approximate surface area is 101 Å². The van der Waals surface area contributed by atoms with Gasteiger partial charge in [0.2, 0.25) is 5.91 Å². The van der Waals surface area contributed by atoms with E-state index in [0.717, 1.165) is 12.8 Å². The molecule has 1 unspecified atom stereocenters. The van der Waals surface area contributed by atoms with Crippen LogP contribution in [0.3, 0.4) is 0 Å². The van der Waals surface area contributed by atoms with E-state index < -0.39 is 11.4 Å². The van der Waals surface area contributed by atoms with Crippen molar-refractivity contribution < 1.29 is 19.8 Å². The molecular formula is C12H21NO4. The molecule has 1 aliphatic rings. The van der Waals surface area contributed by atoms with Crippen LogP contribution in [0.15, 0.2) is 0 Å². The first kappa shape index (κ1) is 14.0. The molecule has 17 heavy (non-hydrogen) atoms. The highest BCUT2D eigenvalue weighted by molar-refractivity contribution is 5.84. The second-order valence-electron chi connectivity index (χ2n) is 5.40.